The second kappa shape index (κ2) is 5.76. The number of ether oxygens (including phenoxy) is 1. The van der Waals surface area contributed by atoms with Crippen LogP contribution in [0.15, 0.2) is 0 Å². The molecule has 1 rings (SSSR count). The van der Waals surface area contributed by atoms with Gasteiger partial charge in [-0.1, -0.05) is 0 Å². The Labute approximate surface area is 117 Å². The summed E-state index contributed by atoms with van der Waals surface area (Å²) in [4.78, 5) is 24.7. The first-order valence-electron chi connectivity index (χ1n) is 5.40. The highest BCUT2D eigenvalue weighted by Crippen LogP contribution is 2.33. The molecule has 0 unspecified atom stereocenters. The SMILES string of the molecule is CCOC(=O)c1c(C)[nH]c(C=O)c1OS(=O)(=O)C(F)(F)F. The van der Waals surface area contributed by atoms with Gasteiger partial charge in [0.1, 0.15) is 11.3 Å². The summed E-state index contributed by atoms with van der Waals surface area (Å²) < 4.78 is 67.4. The molecule has 11 heteroatoms. The van der Waals surface area contributed by atoms with Crippen molar-refractivity contribution in [2.75, 3.05) is 6.61 Å². The largest absolute Gasteiger partial charge is 0.534 e. The van der Waals surface area contributed by atoms with Crippen LogP contribution in [-0.4, -0.2) is 37.8 Å². The van der Waals surface area contributed by atoms with Crippen LogP contribution in [0.1, 0.15) is 33.5 Å². The molecule has 0 aliphatic carbocycles. The number of hydrogen-bond donors (Lipinski definition) is 1. The summed E-state index contributed by atoms with van der Waals surface area (Å²) in [6.45, 7) is 2.57. The zero-order valence-corrected chi connectivity index (χ0v) is 11.6. The molecule has 21 heavy (non-hydrogen) atoms. The fourth-order valence-electron chi connectivity index (χ4n) is 1.40. The van der Waals surface area contributed by atoms with Crippen molar-refractivity contribution in [2.45, 2.75) is 19.4 Å². The smallest absolute Gasteiger partial charge is 0.462 e. The van der Waals surface area contributed by atoms with Gasteiger partial charge in [0.05, 0.1) is 6.61 Å². The van der Waals surface area contributed by atoms with Gasteiger partial charge in [0.25, 0.3) is 0 Å². The number of aryl methyl sites for hydroxylation is 1. The van der Waals surface area contributed by atoms with E-state index in [1.807, 2.05) is 0 Å². The quantitative estimate of drug-likeness (QED) is 0.380. The number of carbonyl (C=O) groups is 2. The van der Waals surface area contributed by atoms with Crippen LogP contribution in [0.3, 0.4) is 0 Å². The molecule has 1 N–H and O–H groups in total. The molecule has 0 amide bonds. The Kier molecular flexibility index (Phi) is 4.66. The third kappa shape index (κ3) is 3.35. The summed E-state index contributed by atoms with van der Waals surface area (Å²) in [5.74, 6) is -2.16. The van der Waals surface area contributed by atoms with Gasteiger partial charge in [-0.05, 0) is 13.8 Å². The van der Waals surface area contributed by atoms with Gasteiger partial charge in [0.15, 0.2) is 12.0 Å². The van der Waals surface area contributed by atoms with Gasteiger partial charge in [0, 0.05) is 5.69 Å². The van der Waals surface area contributed by atoms with Crippen LogP contribution in [0, 0.1) is 6.92 Å². The average molecular weight is 329 g/mol. The first kappa shape index (κ1) is 17.0. The normalized spacial score (nSPS) is 12.0. The summed E-state index contributed by atoms with van der Waals surface area (Å²) >= 11 is 0. The minimum atomic E-state index is -6.03. The highest BCUT2D eigenvalue weighted by molar-refractivity contribution is 7.88. The van der Waals surface area contributed by atoms with Crippen LogP contribution >= 0.6 is 0 Å². The lowest BCUT2D eigenvalue weighted by Gasteiger charge is -2.10. The van der Waals surface area contributed by atoms with Crippen molar-refractivity contribution in [3.8, 4) is 5.75 Å². The second-order valence-corrected chi connectivity index (χ2v) is 5.23. The van der Waals surface area contributed by atoms with Gasteiger partial charge >= 0.3 is 21.6 Å². The van der Waals surface area contributed by atoms with E-state index in [2.05, 4.69) is 13.9 Å². The Morgan fingerprint density at radius 2 is 1.95 bits per heavy atom. The van der Waals surface area contributed by atoms with Gasteiger partial charge in [-0.3, -0.25) is 4.79 Å². The van der Waals surface area contributed by atoms with Crippen LogP contribution in [-0.2, 0) is 14.9 Å². The van der Waals surface area contributed by atoms with Gasteiger partial charge in [-0.15, -0.1) is 0 Å². The van der Waals surface area contributed by atoms with Crippen LogP contribution < -0.4 is 4.18 Å². The topological polar surface area (TPSA) is 103 Å². The fourth-order valence-corrected chi connectivity index (χ4v) is 1.89. The molecule has 0 aromatic carbocycles. The number of rotatable bonds is 5. The standard InChI is InChI=1S/C10H10F3NO6S/c1-3-19-9(16)7-5(2)14-6(4-15)8(7)20-21(17,18)10(11,12)13/h4,14H,3H2,1-2H3. The Balaban J connectivity index is 3.41. The van der Waals surface area contributed by atoms with E-state index < -0.39 is 38.6 Å². The van der Waals surface area contributed by atoms with Crippen LogP contribution in [0.5, 0.6) is 5.75 Å². The van der Waals surface area contributed by atoms with Gasteiger partial charge in [-0.2, -0.15) is 21.6 Å². The molecule has 0 fully saturated rings. The predicted octanol–water partition coefficient (Wildman–Crippen LogP) is 1.54. The van der Waals surface area contributed by atoms with Crippen molar-refractivity contribution in [1.29, 1.82) is 0 Å². The third-order valence-corrected chi connectivity index (χ3v) is 3.20. The third-order valence-electron chi connectivity index (χ3n) is 2.24. The molecule has 0 saturated heterocycles. The van der Waals surface area contributed by atoms with E-state index >= 15 is 0 Å². The van der Waals surface area contributed by atoms with E-state index in [4.69, 9.17) is 0 Å². The maximum absolute atomic E-state index is 12.3. The molecule has 7 nitrogen and oxygen atoms in total. The zero-order chi connectivity index (χ0) is 16.4. The summed E-state index contributed by atoms with van der Waals surface area (Å²) in [7, 11) is -6.03. The number of hydrogen-bond acceptors (Lipinski definition) is 6. The lowest BCUT2D eigenvalue weighted by Crippen LogP contribution is -2.28. The molecule has 0 spiro atoms. The van der Waals surface area contributed by atoms with Crippen LogP contribution in [0.4, 0.5) is 13.2 Å². The number of aromatic nitrogens is 1. The average Bonchev–Trinajstić information content (AvgIpc) is 2.63. The molecule has 0 atom stereocenters. The van der Waals surface area contributed by atoms with Crippen molar-refractivity contribution in [3.63, 3.8) is 0 Å². The molecule has 0 aliphatic rings. The number of carbonyl (C=O) groups excluding carboxylic acids is 2. The van der Waals surface area contributed by atoms with Crippen molar-refractivity contribution >= 4 is 22.4 Å². The molecular weight excluding hydrogens is 319 g/mol. The van der Waals surface area contributed by atoms with Crippen molar-refractivity contribution in [3.05, 3.63) is 17.0 Å². The molecule has 0 bridgehead atoms. The van der Waals surface area contributed by atoms with E-state index in [0.29, 0.717) is 0 Å². The lowest BCUT2D eigenvalue weighted by molar-refractivity contribution is -0.0500. The molecule has 1 heterocycles. The van der Waals surface area contributed by atoms with Gasteiger partial charge in [-0.25, -0.2) is 4.79 Å². The van der Waals surface area contributed by atoms with Crippen molar-refractivity contribution < 1.29 is 40.1 Å². The number of H-pyrrole nitrogens is 1. The molecule has 1 aromatic heterocycles. The van der Waals surface area contributed by atoms with E-state index in [0.717, 1.165) is 0 Å². The summed E-state index contributed by atoms with van der Waals surface area (Å²) in [6.07, 6.45) is 0.0248. The molecule has 0 aliphatic heterocycles. The lowest BCUT2D eigenvalue weighted by atomic mass is 10.2. The minimum absolute atomic E-state index is 0.0248. The highest BCUT2D eigenvalue weighted by Gasteiger charge is 2.49. The summed E-state index contributed by atoms with van der Waals surface area (Å²) in [5, 5.41) is 0. The number of aldehydes is 1. The Hall–Kier alpha value is -2.04. The summed E-state index contributed by atoms with van der Waals surface area (Å²) in [5.41, 5.74) is -6.98. The molecule has 1 aromatic rings. The van der Waals surface area contributed by atoms with E-state index in [1.54, 1.807) is 0 Å². The number of aromatic amines is 1. The van der Waals surface area contributed by atoms with Gasteiger partial charge in [0.2, 0.25) is 0 Å². The van der Waals surface area contributed by atoms with E-state index in [1.165, 1.54) is 13.8 Å². The minimum Gasteiger partial charge on any atom is -0.462 e. The van der Waals surface area contributed by atoms with Crippen LogP contribution in [0.25, 0.3) is 0 Å². The number of esters is 1. The Bertz CT molecular complexity index is 661. The number of halogens is 3. The highest BCUT2D eigenvalue weighted by atomic mass is 32.2. The number of nitrogens with one attached hydrogen (secondary N) is 1. The second-order valence-electron chi connectivity index (χ2n) is 3.69. The van der Waals surface area contributed by atoms with Crippen molar-refractivity contribution in [2.24, 2.45) is 0 Å². The fraction of sp³-hybridized carbons (Fsp3) is 0.400. The van der Waals surface area contributed by atoms with Crippen LogP contribution in [0.2, 0.25) is 0 Å². The Morgan fingerprint density at radius 3 is 2.38 bits per heavy atom. The van der Waals surface area contributed by atoms with E-state index in [-0.39, 0.29) is 18.6 Å². The molecular formula is C10H10F3NO6S. The molecule has 0 radical (unpaired) electrons. The van der Waals surface area contributed by atoms with Crippen molar-refractivity contribution in [1.82, 2.24) is 4.98 Å². The molecule has 0 saturated carbocycles. The predicted molar refractivity (Wildman–Crippen MR) is 62.5 cm³/mol. The summed E-state index contributed by atoms with van der Waals surface area (Å²) in [6, 6.07) is 0. The first-order valence-corrected chi connectivity index (χ1v) is 6.81. The monoisotopic (exact) mass is 329 g/mol. The first-order chi connectivity index (χ1) is 9.55. The number of alkyl halides is 3. The molecule has 118 valence electrons. The Morgan fingerprint density at radius 1 is 1.38 bits per heavy atom. The van der Waals surface area contributed by atoms with E-state index in [9.17, 15) is 31.2 Å². The van der Waals surface area contributed by atoms with Gasteiger partial charge < -0.3 is 13.9 Å². The maximum Gasteiger partial charge on any atom is 0.534 e. The maximum atomic E-state index is 12.3. The zero-order valence-electron chi connectivity index (χ0n) is 10.8.